The topological polar surface area (TPSA) is 61.2 Å². The van der Waals surface area contributed by atoms with Crippen molar-refractivity contribution in [3.8, 4) is 22.9 Å². The number of nitrogens with one attached hydrogen (secondary N) is 1. The number of nitrogens with zero attached hydrogens (tertiary/aromatic N) is 3. The third-order valence-electron chi connectivity index (χ3n) is 3.94. The molecule has 6 nitrogen and oxygen atoms in total. The summed E-state index contributed by atoms with van der Waals surface area (Å²) in [5.41, 5.74) is 5.55. The molecule has 0 bridgehead atoms. The van der Waals surface area contributed by atoms with Crippen LogP contribution in [0, 0.1) is 0 Å². The van der Waals surface area contributed by atoms with Gasteiger partial charge in [0, 0.05) is 10.0 Å². The average molecular weight is 419 g/mol. The van der Waals surface area contributed by atoms with E-state index in [9.17, 15) is 0 Å². The van der Waals surface area contributed by atoms with Crippen molar-refractivity contribution in [2.75, 3.05) is 19.6 Å². The lowest BCUT2D eigenvalue weighted by Gasteiger charge is -2.13. The average Bonchev–Trinajstić information content (AvgIpc) is 3.23. The minimum atomic E-state index is 0.0761. The van der Waals surface area contributed by atoms with Gasteiger partial charge in [0.2, 0.25) is 5.16 Å². The molecular weight excluding hydrogens is 404 g/mol. The third kappa shape index (κ3) is 2.96. The van der Waals surface area contributed by atoms with E-state index < -0.39 is 0 Å². The van der Waals surface area contributed by atoms with E-state index in [0.717, 1.165) is 38.1 Å². The number of ether oxygens (including phenoxy) is 2. The molecule has 0 saturated heterocycles. The van der Waals surface area contributed by atoms with Crippen molar-refractivity contribution in [2.24, 2.45) is 0 Å². The van der Waals surface area contributed by atoms with E-state index in [-0.39, 0.29) is 5.37 Å². The summed E-state index contributed by atoms with van der Waals surface area (Å²) >= 11 is 5.21. The van der Waals surface area contributed by atoms with Crippen LogP contribution in [0.3, 0.4) is 0 Å². The largest absolute Gasteiger partial charge is 0.497 e. The van der Waals surface area contributed by atoms with Crippen molar-refractivity contribution in [2.45, 2.75) is 10.5 Å². The van der Waals surface area contributed by atoms with Crippen molar-refractivity contribution in [1.29, 1.82) is 0 Å². The Kier molecular flexibility index (Phi) is 4.30. The highest BCUT2D eigenvalue weighted by molar-refractivity contribution is 9.10. The fraction of sp³-hybridized carbons (Fsp3) is 0.176. The van der Waals surface area contributed by atoms with Crippen LogP contribution in [0.15, 0.2) is 52.1 Å². The summed E-state index contributed by atoms with van der Waals surface area (Å²) in [7, 11) is 3.31. The van der Waals surface area contributed by atoms with Gasteiger partial charge in [0.1, 0.15) is 16.9 Å². The number of benzene rings is 2. The Morgan fingerprint density at radius 2 is 1.76 bits per heavy atom. The number of thioether (sulfide) groups is 1. The predicted octanol–water partition coefficient (Wildman–Crippen LogP) is 4.07. The highest BCUT2D eigenvalue weighted by atomic mass is 79.9. The van der Waals surface area contributed by atoms with Crippen molar-refractivity contribution in [1.82, 2.24) is 14.9 Å². The second-order valence-corrected chi connectivity index (χ2v) is 7.31. The summed E-state index contributed by atoms with van der Waals surface area (Å²) in [6.07, 6.45) is 0. The van der Waals surface area contributed by atoms with E-state index in [1.807, 2.05) is 47.1 Å². The van der Waals surface area contributed by atoms with Gasteiger partial charge in [-0.25, -0.2) is 4.68 Å². The first-order valence-corrected chi connectivity index (χ1v) is 9.23. The molecular formula is C17H15BrN4O2S. The second kappa shape index (κ2) is 6.61. The third-order valence-corrected chi connectivity index (χ3v) is 5.68. The van der Waals surface area contributed by atoms with E-state index in [4.69, 9.17) is 9.47 Å². The maximum absolute atomic E-state index is 5.25. The monoisotopic (exact) mass is 418 g/mol. The molecule has 1 unspecified atom stereocenters. The molecule has 2 aromatic carbocycles. The van der Waals surface area contributed by atoms with Crippen LogP contribution in [0.5, 0.6) is 11.5 Å². The predicted molar refractivity (Wildman–Crippen MR) is 101 cm³/mol. The number of halogens is 1. The van der Waals surface area contributed by atoms with Crippen LogP contribution in [0.2, 0.25) is 0 Å². The van der Waals surface area contributed by atoms with E-state index >= 15 is 0 Å². The molecule has 1 aliphatic heterocycles. The van der Waals surface area contributed by atoms with Crippen LogP contribution < -0.4 is 14.9 Å². The van der Waals surface area contributed by atoms with Gasteiger partial charge in [0.05, 0.1) is 14.2 Å². The van der Waals surface area contributed by atoms with Gasteiger partial charge in [-0.3, -0.25) is 0 Å². The molecule has 128 valence electrons. The Bertz CT molecular complexity index is 914. The molecule has 2 heterocycles. The van der Waals surface area contributed by atoms with Gasteiger partial charge in [-0.05, 0) is 51.8 Å². The SMILES string of the molecule is COc1ccc(C2Nn3c(nnc3-c3ccc(OC)cc3Br)S2)cc1. The summed E-state index contributed by atoms with van der Waals surface area (Å²) in [6, 6.07) is 13.8. The van der Waals surface area contributed by atoms with E-state index in [0.29, 0.717) is 0 Å². The molecule has 0 amide bonds. The number of hydrogen-bond donors (Lipinski definition) is 1. The lowest BCUT2D eigenvalue weighted by atomic mass is 10.2. The first-order valence-electron chi connectivity index (χ1n) is 7.56. The molecule has 0 spiro atoms. The van der Waals surface area contributed by atoms with E-state index in [1.54, 1.807) is 26.0 Å². The number of rotatable bonds is 4. The Morgan fingerprint density at radius 1 is 1.04 bits per heavy atom. The standard InChI is InChI=1S/C17H15BrN4O2S/c1-23-11-5-3-10(4-6-11)16-21-22-15(19-20-17(22)25-16)13-8-7-12(24-2)9-14(13)18/h3-9,16,21H,1-2H3. The Hall–Kier alpha value is -2.19. The van der Waals surface area contributed by atoms with E-state index in [1.165, 1.54) is 0 Å². The maximum atomic E-state index is 5.25. The van der Waals surface area contributed by atoms with Gasteiger partial charge >= 0.3 is 0 Å². The molecule has 3 aromatic rings. The smallest absolute Gasteiger partial charge is 0.212 e. The molecule has 1 atom stereocenters. The molecule has 1 aromatic heterocycles. The lowest BCUT2D eigenvalue weighted by molar-refractivity contribution is 0.414. The summed E-state index contributed by atoms with van der Waals surface area (Å²) in [5.74, 6) is 2.39. The molecule has 1 N–H and O–H groups in total. The zero-order valence-corrected chi connectivity index (χ0v) is 16.0. The highest BCUT2D eigenvalue weighted by Gasteiger charge is 2.28. The van der Waals surface area contributed by atoms with Crippen LogP contribution in [0.25, 0.3) is 11.4 Å². The highest BCUT2D eigenvalue weighted by Crippen LogP contribution is 2.41. The van der Waals surface area contributed by atoms with Gasteiger partial charge in [0.25, 0.3) is 0 Å². The molecule has 8 heteroatoms. The number of methoxy groups -OCH3 is 2. The van der Waals surface area contributed by atoms with Crippen molar-refractivity contribution < 1.29 is 9.47 Å². The molecule has 1 aliphatic rings. The zero-order chi connectivity index (χ0) is 17.4. The fourth-order valence-electron chi connectivity index (χ4n) is 2.61. The summed E-state index contributed by atoms with van der Waals surface area (Å²) in [6.45, 7) is 0. The zero-order valence-electron chi connectivity index (χ0n) is 13.6. The normalized spacial score (nSPS) is 15.6. The van der Waals surface area contributed by atoms with Gasteiger partial charge < -0.3 is 14.9 Å². The minimum absolute atomic E-state index is 0.0761. The van der Waals surface area contributed by atoms with Crippen LogP contribution in [-0.2, 0) is 0 Å². The molecule has 0 aliphatic carbocycles. The number of fused-ring (bicyclic) bond motifs is 1. The van der Waals surface area contributed by atoms with Crippen molar-refractivity contribution >= 4 is 27.7 Å². The second-order valence-electron chi connectivity index (χ2n) is 5.39. The quantitative estimate of drug-likeness (QED) is 0.688. The maximum Gasteiger partial charge on any atom is 0.212 e. The first kappa shape index (κ1) is 16.3. The van der Waals surface area contributed by atoms with Crippen LogP contribution in [0.1, 0.15) is 10.9 Å². The minimum Gasteiger partial charge on any atom is -0.497 e. The Labute approximate surface area is 157 Å². The summed E-state index contributed by atoms with van der Waals surface area (Å²) in [4.78, 5) is 0. The van der Waals surface area contributed by atoms with Gasteiger partial charge in [-0.15, -0.1) is 10.2 Å². The van der Waals surface area contributed by atoms with Crippen molar-refractivity contribution in [3.63, 3.8) is 0 Å². The van der Waals surface area contributed by atoms with Gasteiger partial charge in [-0.1, -0.05) is 23.9 Å². The summed E-state index contributed by atoms with van der Waals surface area (Å²) in [5, 5.41) is 9.53. The number of hydrogen-bond acceptors (Lipinski definition) is 6. The Morgan fingerprint density at radius 3 is 2.44 bits per heavy atom. The first-order chi connectivity index (χ1) is 12.2. The molecule has 0 fully saturated rings. The fourth-order valence-corrected chi connectivity index (χ4v) is 4.14. The van der Waals surface area contributed by atoms with Gasteiger partial charge in [-0.2, -0.15) is 0 Å². The lowest BCUT2D eigenvalue weighted by Crippen LogP contribution is -2.13. The van der Waals surface area contributed by atoms with Crippen molar-refractivity contribution in [3.05, 3.63) is 52.5 Å². The Balaban J connectivity index is 1.63. The molecule has 4 rings (SSSR count). The van der Waals surface area contributed by atoms with Crippen LogP contribution in [0.4, 0.5) is 0 Å². The summed E-state index contributed by atoms with van der Waals surface area (Å²) < 4.78 is 13.3. The molecule has 0 radical (unpaired) electrons. The van der Waals surface area contributed by atoms with Crippen LogP contribution >= 0.6 is 27.7 Å². The van der Waals surface area contributed by atoms with Gasteiger partial charge in [0.15, 0.2) is 5.82 Å². The number of aromatic nitrogens is 3. The van der Waals surface area contributed by atoms with E-state index in [2.05, 4.69) is 31.6 Å². The molecule has 25 heavy (non-hydrogen) atoms. The van der Waals surface area contributed by atoms with Crippen LogP contribution in [-0.4, -0.2) is 29.1 Å². The molecule has 0 saturated carbocycles.